The Morgan fingerprint density at radius 3 is 2.12 bits per heavy atom. The van der Waals surface area contributed by atoms with Crippen molar-refractivity contribution in [2.75, 3.05) is 6.16 Å². The molecule has 0 nitrogen and oxygen atoms in total. The van der Waals surface area contributed by atoms with Gasteiger partial charge in [-0.25, -0.2) is 0 Å². The Bertz CT molecular complexity index is 224. The van der Waals surface area contributed by atoms with E-state index in [1.54, 1.807) is 0 Å². The zero-order chi connectivity index (χ0) is 12.2. The van der Waals surface area contributed by atoms with E-state index in [1.807, 2.05) is 0 Å². The summed E-state index contributed by atoms with van der Waals surface area (Å²) in [6.45, 7) is 11.8. The first-order valence-electron chi connectivity index (χ1n) is 6.81. The van der Waals surface area contributed by atoms with Crippen molar-refractivity contribution in [2.45, 2.75) is 77.5 Å². The molecule has 0 aromatic rings. The quantitative estimate of drug-likeness (QED) is 0.447. The molecule has 1 aliphatic rings. The van der Waals surface area contributed by atoms with Crippen LogP contribution < -0.4 is 0 Å². The van der Waals surface area contributed by atoms with Crippen molar-refractivity contribution in [1.29, 1.82) is 0 Å². The molecule has 0 bridgehead atoms. The summed E-state index contributed by atoms with van der Waals surface area (Å²) in [5.74, 6) is 0. The molecule has 0 N–H and O–H groups in total. The van der Waals surface area contributed by atoms with Crippen molar-refractivity contribution in [1.82, 2.24) is 0 Å². The minimum absolute atomic E-state index is 0.171. The van der Waals surface area contributed by atoms with Gasteiger partial charge in [0.1, 0.15) is 0 Å². The van der Waals surface area contributed by atoms with Crippen molar-refractivity contribution >= 4 is 7.92 Å². The van der Waals surface area contributed by atoms with Crippen LogP contribution in [0.5, 0.6) is 0 Å². The van der Waals surface area contributed by atoms with E-state index in [2.05, 4.69) is 40.7 Å². The Labute approximate surface area is 104 Å². The Morgan fingerprint density at radius 1 is 1.12 bits per heavy atom. The smallest absolute Gasteiger partial charge is 0.0135 e. The van der Waals surface area contributed by atoms with Gasteiger partial charge in [-0.2, -0.15) is 0 Å². The fourth-order valence-electron chi connectivity index (χ4n) is 2.64. The molecule has 1 saturated carbocycles. The highest BCUT2D eigenvalue weighted by Gasteiger charge is 2.31. The number of hydrogen-bond acceptors (Lipinski definition) is 0. The number of allylic oxidation sites excluding steroid dienone is 2. The van der Waals surface area contributed by atoms with Crippen molar-refractivity contribution in [2.24, 2.45) is 0 Å². The minimum atomic E-state index is 0.171. The SMILES string of the molecule is CC(C)=CCP(C1CCCCC1)C(C)(C)C. The lowest BCUT2D eigenvalue weighted by Gasteiger charge is -2.39. The van der Waals surface area contributed by atoms with Crippen LogP contribution in [-0.4, -0.2) is 17.0 Å². The first-order chi connectivity index (χ1) is 7.41. The predicted molar refractivity (Wildman–Crippen MR) is 77.8 cm³/mol. The molecule has 16 heavy (non-hydrogen) atoms. The van der Waals surface area contributed by atoms with Crippen LogP contribution in [0.3, 0.4) is 0 Å². The molecule has 1 heteroatoms. The van der Waals surface area contributed by atoms with Gasteiger partial charge in [0.2, 0.25) is 0 Å². The first kappa shape index (κ1) is 14.2. The lowest BCUT2D eigenvalue weighted by atomic mass is 10.0. The second-order valence-electron chi connectivity index (χ2n) is 6.40. The van der Waals surface area contributed by atoms with E-state index < -0.39 is 0 Å². The summed E-state index contributed by atoms with van der Waals surface area (Å²) in [7, 11) is 0.171. The fraction of sp³-hybridized carbons (Fsp3) is 0.867. The molecular weight excluding hydrogens is 211 g/mol. The van der Waals surface area contributed by atoms with Crippen molar-refractivity contribution in [3.63, 3.8) is 0 Å². The minimum Gasteiger partial charge on any atom is -0.0941 e. The average molecular weight is 240 g/mol. The molecule has 1 atom stereocenters. The summed E-state index contributed by atoms with van der Waals surface area (Å²) in [4.78, 5) is 0. The molecule has 0 heterocycles. The first-order valence-corrected chi connectivity index (χ1v) is 8.41. The third kappa shape index (κ3) is 4.58. The van der Waals surface area contributed by atoms with E-state index in [-0.39, 0.29) is 7.92 Å². The van der Waals surface area contributed by atoms with Crippen molar-refractivity contribution < 1.29 is 0 Å². The summed E-state index contributed by atoms with van der Waals surface area (Å²) in [6.07, 6.45) is 11.3. The van der Waals surface area contributed by atoms with Gasteiger partial charge in [-0.3, -0.25) is 0 Å². The normalized spacial score (nSPS) is 20.6. The van der Waals surface area contributed by atoms with Crippen LogP contribution in [0, 0.1) is 0 Å². The van der Waals surface area contributed by atoms with Gasteiger partial charge in [-0.15, -0.1) is 0 Å². The molecule has 94 valence electrons. The maximum atomic E-state index is 2.48. The Hall–Kier alpha value is 0.170. The van der Waals surface area contributed by atoms with E-state index in [1.165, 1.54) is 43.8 Å². The third-order valence-corrected chi connectivity index (χ3v) is 7.27. The zero-order valence-electron chi connectivity index (χ0n) is 11.8. The van der Waals surface area contributed by atoms with Crippen LogP contribution in [0.25, 0.3) is 0 Å². The molecule has 1 aliphatic carbocycles. The standard InChI is InChI=1S/C15H29P/c1-13(2)11-12-16(15(3,4)5)14-9-7-6-8-10-14/h11,14H,6-10,12H2,1-5H3. The number of rotatable bonds is 3. The lowest BCUT2D eigenvalue weighted by Crippen LogP contribution is -2.23. The maximum absolute atomic E-state index is 2.48. The summed E-state index contributed by atoms with van der Waals surface area (Å²) in [6, 6.07) is 0. The highest BCUT2D eigenvalue weighted by molar-refractivity contribution is 7.60. The largest absolute Gasteiger partial charge is 0.0941 e. The predicted octanol–water partition coefficient (Wildman–Crippen LogP) is 5.57. The second kappa shape index (κ2) is 6.20. The molecule has 1 unspecified atom stereocenters. The molecule has 1 rings (SSSR count). The van der Waals surface area contributed by atoms with Crippen LogP contribution in [0.1, 0.15) is 66.7 Å². The molecule has 0 aromatic carbocycles. The molecule has 0 aliphatic heterocycles. The van der Waals surface area contributed by atoms with Crippen molar-refractivity contribution in [3.05, 3.63) is 11.6 Å². The van der Waals surface area contributed by atoms with Gasteiger partial charge in [0.15, 0.2) is 0 Å². The molecule has 0 radical (unpaired) electrons. The van der Waals surface area contributed by atoms with Crippen LogP contribution in [0.2, 0.25) is 0 Å². The average Bonchev–Trinajstić information content (AvgIpc) is 2.17. The van der Waals surface area contributed by atoms with Crippen LogP contribution in [0.15, 0.2) is 11.6 Å². The van der Waals surface area contributed by atoms with Gasteiger partial charge in [0.25, 0.3) is 0 Å². The summed E-state index contributed by atoms with van der Waals surface area (Å²) >= 11 is 0. The molecule has 0 amide bonds. The maximum Gasteiger partial charge on any atom is -0.0135 e. The molecule has 0 spiro atoms. The molecule has 0 saturated heterocycles. The van der Waals surface area contributed by atoms with Gasteiger partial charge < -0.3 is 0 Å². The van der Waals surface area contributed by atoms with Crippen molar-refractivity contribution in [3.8, 4) is 0 Å². The van der Waals surface area contributed by atoms with E-state index in [0.29, 0.717) is 5.16 Å². The van der Waals surface area contributed by atoms with Crippen LogP contribution in [-0.2, 0) is 0 Å². The van der Waals surface area contributed by atoms with Gasteiger partial charge >= 0.3 is 0 Å². The third-order valence-electron chi connectivity index (χ3n) is 3.57. The molecule has 0 aromatic heterocycles. The van der Waals surface area contributed by atoms with E-state index in [9.17, 15) is 0 Å². The van der Waals surface area contributed by atoms with Crippen LogP contribution >= 0.6 is 7.92 Å². The Balaban J connectivity index is 2.66. The monoisotopic (exact) mass is 240 g/mol. The van der Waals surface area contributed by atoms with Gasteiger partial charge in [-0.1, -0.05) is 59.6 Å². The topological polar surface area (TPSA) is 0 Å². The Kier molecular flexibility index (Phi) is 5.51. The highest BCUT2D eigenvalue weighted by Crippen LogP contribution is 2.57. The van der Waals surface area contributed by atoms with E-state index in [4.69, 9.17) is 0 Å². The number of hydrogen-bond donors (Lipinski definition) is 0. The lowest BCUT2D eigenvalue weighted by molar-refractivity contribution is 0.505. The summed E-state index contributed by atoms with van der Waals surface area (Å²) in [5, 5.41) is 0.531. The second-order valence-corrected chi connectivity index (χ2v) is 9.77. The summed E-state index contributed by atoms with van der Waals surface area (Å²) in [5.41, 5.74) is 2.53. The van der Waals surface area contributed by atoms with Crippen LogP contribution in [0.4, 0.5) is 0 Å². The zero-order valence-corrected chi connectivity index (χ0v) is 12.7. The van der Waals surface area contributed by atoms with Gasteiger partial charge in [-0.05, 0) is 43.7 Å². The van der Waals surface area contributed by atoms with E-state index >= 15 is 0 Å². The van der Waals surface area contributed by atoms with Gasteiger partial charge in [0.05, 0.1) is 0 Å². The Morgan fingerprint density at radius 2 is 1.69 bits per heavy atom. The molecular formula is C15H29P. The highest BCUT2D eigenvalue weighted by atomic mass is 31.1. The van der Waals surface area contributed by atoms with E-state index in [0.717, 1.165) is 5.66 Å². The van der Waals surface area contributed by atoms with Gasteiger partial charge in [0, 0.05) is 0 Å². The molecule has 1 fully saturated rings. The fourth-order valence-corrected chi connectivity index (χ4v) is 6.14. The summed E-state index contributed by atoms with van der Waals surface area (Å²) < 4.78 is 0.